The van der Waals surface area contributed by atoms with Gasteiger partial charge in [0.05, 0.1) is 5.69 Å². The summed E-state index contributed by atoms with van der Waals surface area (Å²) in [4.78, 5) is 2.49. The summed E-state index contributed by atoms with van der Waals surface area (Å²) >= 11 is 0. The molecule has 0 aromatic carbocycles. The van der Waals surface area contributed by atoms with Gasteiger partial charge in [0.15, 0.2) is 0 Å². The first kappa shape index (κ1) is 17.2. The summed E-state index contributed by atoms with van der Waals surface area (Å²) in [5.41, 5.74) is 2.44. The van der Waals surface area contributed by atoms with E-state index in [1.54, 1.807) is 0 Å². The predicted octanol–water partition coefficient (Wildman–Crippen LogP) is 2.89. The maximum Gasteiger partial charge on any atom is 0.0641 e. The molecule has 0 bridgehead atoms. The lowest BCUT2D eigenvalue weighted by atomic mass is 10.1. The maximum atomic E-state index is 4.42. The second-order valence-corrected chi connectivity index (χ2v) is 5.80. The lowest BCUT2D eigenvalue weighted by molar-refractivity contribution is 0.288. The minimum Gasteiger partial charge on any atom is -0.308 e. The Morgan fingerprint density at radius 2 is 1.95 bits per heavy atom. The van der Waals surface area contributed by atoms with Crippen LogP contribution in [-0.2, 0) is 7.05 Å². The van der Waals surface area contributed by atoms with Crippen LogP contribution in [0, 0.1) is 6.92 Å². The highest BCUT2D eigenvalue weighted by Gasteiger charge is 2.14. The second-order valence-electron chi connectivity index (χ2n) is 5.80. The number of aryl methyl sites for hydroxylation is 2. The van der Waals surface area contributed by atoms with Crippen molar-refractivity contribution in [3.63, 3.8) is 0 Å². The Morgan fingerprint density at radius 1 is 1.30 bits per heavy atom. The van der Waals surface area contributed by atoms with Crippen LogP contribution in [-0.4, -0.2) is 40.4 Å². The second kappa shape index (κ2) is 8.42. The molecule has 1 N–H and O–H groups in total. The fourth-order valence-electron chi connectivity index (χ4n) is 2.80. The maximum absolute atomic E-state index is 4.42. The van der Waals surface area contributed by atoms with Crippen LogP contribution in [0.25, 0.3) is 0 Å². The van der Waals surface area contributed by atoms with Gasteiger partial charge in [-0.1, -0.05) is 13.8 Å². The van der Waals surface area contributed by atoms with Crippen LogP contribution in [0.2, 0.25) is 0 Å². The van der Waals surface area contributed by atoms with Crippen LogP contribution >= 0.6 is 0 Å². The van der Waals surface area contributed by atoms with Crippen molar-refractivity contribution in [1.82, 2.24) is 20.0 Å². The third-order valence-corrected chi connectivity index (χ3v) is 4.06. The lowest BCUT2D eigenvalue weighted by Crippen LogP contribution is -2.31. The summed E-state index contributed by atoms with van der Waals surface area (Å²) in [6, 6.07) is 0.910. The van der Waals surface area contributed by atoms with E-state index in [2.05, 4.69) is 56.1 Å². The summed E-state index contributed by atoms with van der Waals surface area (Å²) in [7, 11) is 1.98. The van der Waals surface area contributed by atoms with E-state index in [-0.39, 0.29) is 0 Å². The van der Waals surface area contributed by atoms with Gasteiger partial charge in [-0.05, 0) is 53.2 Å². The van der Waals surface area contributed by atoms with Gasteiger partial charge in [0.25, 0.3) is 0 Å². The number of hydrogen-bond donors (Lipinski definition) is 1. The van der Waals surface area contributed by atoms with Gasteiger partial charge in [0.1, 0.15) is 0 Å². The molecule has 4 nitrogen and oxygen atoms in total. The molecular weight excluding hydrogens is 248 g/mol. The summed E-state index contributed by atoms with van der Waals surface area (Å²) in [6.07, 6.45) is 4.60. The third kappa shape index (κ3) is 5.25. The zero-order valence-electron chi connectivity index (χ0n) is 14.1. The molecule has 20 heavy (non-hydrogen) atoms. The van der Waals surface area contributed by atoms with Crippen molar-refractivity contribution in [1.29, 1.82) is 0 Å². The fraction of sp³-hybridized carbons (Fsp3) is 0.812. The number of aromatic nitrogens is 2. The molecule has 1 aromatic heterocycles. The Hall–Kier alpha value is -0.870. The Labute approximate surface area is 124 Å². The Kier molecular flexibility index (Phi) is 7.24. The van der Waals surface area contributed by atoms with E-state index in [9.17, 15) is 0 Å². The average molecular weight is 280 g/mol. The van der Waals surface area contributed by atoms with Gasteiger partial charge in [0.2, 0.25) is 0 Å². The molecule has 1 rings (SSSR count). The highest BCUT2D eigenvalue weighted by atomic mass is 15.3. The molecule has 0 saturated heterocycles. The zero-order chi connectivity index (χ0) is 15.1. The first-order chi connectivity index (χ1) is 9.47. The molecule has 0 radical (unpaired) electrons. The molecule has 0 aliphatic rings. The van der Waals surface area contributed by atoms with Crippen molar-refractivity contribution in [2.75, 3.05) is 19.6 Å². The molecule has 0 fully saturated rings. The zero-order valence-corrected chi connectivity index (χ0v) is 14.1. The Bertz CT molecular complexity index is 382. The van der Waals surface area contributed by atoms with E-state index < -0.39 is 0 Å². The first-order valence-electron chi connectivity index (χ1n) is 7.96. The van der Waals surface area contributed by atoms with E-state index in [1.807, 2.05) is 11.7 Å². The highest BCUT2D eigenvalue weighted by molar-refractivity contribution is 5.19. The van der Waals surface area contributed by atoms with Crippen molar-refractivity contribution in [3.05, 3.63) is 17.5 Å². The summed E-state index contributed by atoms with van der Waals surface area (Å²) < 4.78 is 1.90. The molecule has 1 heterocycles. The molecule has 116 valence electrons. The molecular formula is C16H32N4. The number of hydrogen-bond acceptors (Lipinski definition) is 3. The van der Waals surface area contributed by atoms with Crippen LogP contribution in [0.3, 0.4) is 0 Å². The summed E-state index contributed by atoms with van der Waals surface area (Å²) in [5, 5.41) is 8.11. The molecule has 0 spiro atoms. The monoisotopic (exact) mass is 280 g/mol. The Morgan fingerprint density at radius 3 is 2.45 bits per heavy atom. The van der Waals surface area contributed by atoms with Gasteiger partial charge in [-0.2, -0.15) is 5.10 Å². The molecule has 0 aliphatic heterocycles. The molecule has 2 atom stereocenters. The highest BCUT2D eigenvalue weighted by Crippen LogP contribution is 2.16. The molecule has 0 aliphatic carbocycles. The van der Waals surface area contributed by atoms with Gasteiger partial charge in [-0.3, -0.25) is 4.68 Å². The molecule has 1 aromatic rings. The van der Waals surface area contributed by atoms with E-state index in [0.29, 0.717) is 12.1 Å². The third-order valence-electron chi connectivity index (χ3n) is 4.06. The molecule has 4 heteroatoms. The van der Waals surface area contributed by atoms with E-state index >= 15 is 0 Å². The van der Waals surface area contributed by atoms with E-state index in [0.717, 1.165) is 18.8 Å². The van der Waals surface area contributed by atoms with Crippen molar-refractivity contribution in [2.24, 2.45) is 7.05 Å². The Balaban J connectivity index is 2.35. The molecule has 0 saturated carbocycles. The standard InChI is InChI=1S/C16H32N4/c1-7-20(8-2)11-9-10-13(3)17-14(4)16-12-19(6)18-15(16)5/h12-14,17H,7-11H2,1-6H3. The van der Waals surface area contributed by atoms with Crippen LogP contribution in [0.15, 0.2) is 6.20 Å². The quantitative estimate of drug-likeness (QED) is 0.755. The molecule has 2 unspecified atom stereocenters. The van der Waals surface area contributed by atoms with E-state index in [1.165, 1.54) is 24.9 Å². The minimum absolute atomic E-state index is 0.368. The van der Waals surface area contributed by atoms with Crippen LogP contribution in [0.5, 0.6) is 0 Å². The summed E-state index contributed by atoms with van der Waals surface area (Å²) in [6.45, 7) is 14.6. The van der Waals surface area contributed by atoms with Gasteiger partial charge >= 0.3 is 0 Å². The number of nitrogens with zero attached hydrogens (tertiary/aromatic N) is 3. The van der Waals surface area contributed by atoms with E-state index in [4.69, 9.17) is 0 Å². The topological polar surface area (TPSA) is 33.1 Å². The lowest BCUT2D eigenvalue weighted by Gasteiger charge is -2.22. The smallest absolute Gasteiger partial charge is 0.0641 e. The largest absolute Gasteiger partial charge is 0.308 e. The van der Waals surface area contributed by atoms with Gasteiger partial charge < -0.3 is 10.2 Å². The SMILES string of the molecule is CCN(CC)CCCC(C)NC(C)c1cn(C)nc1C. The number of rotatable bonds is 9. The van der Waals surface area contributed by atoms with Gasteiger partial charge in [0, 0.05) is 30.9 Å². The van der Waals surface area contributed by atoms with Crippen molar-refractivity contribution in [3.8, 4) is 0 Å². The van der Waals surface area contributed by atoms with Gasteiger partial charge in [-0.25, -0.2) is 0 Å². The van der Waals surface area contributed by atoms with Crippen LogP contribution < -0.4 is 5.32 Å². The molecule has 0 amide bonds. The van der Waals surface area contributed by atoms with Crippen LogP contribution in [0.4, 0.5) is 0 Å². The van der Waals surface area contributed by atoms with Crippen molar-refractivity contribution >= 4 is 0 Å². The minimum atomic E-state index is 0.368. The van der Waals surface area contributed by atoms with Gasteiger partial charge in [-0.15, -0.1) is 0 Å². The average Bonchev–Trinajstić information content (AvgIpc) is 2.74. The predicted molar refractivity (Wildman–Crippen MR) is 86.0 cm³/mol. The number of nitrogens with one attached hydrogen (secondary N) is 1. The normalized spacial score (nSPS) is 14.8. The van der Waals surface area contributed by atoms with Crippen molar-refractivity contribution in [2.45, 2.75) is 59.5 Å². The fourth-order valence-corrected chi connectivity index (χ4v) is 2.80. The van der Waals surface area contributed by atoms with Crippen molar-refractivity contribution < 1.29 is 0 Å². The summed E-state index contributed by atoms with van der Waals surface area (Å²) in [5.74, 6) is 0. The first-order valence-corrected chi connectivity index (χ1v) is 7.96. The van der Waals surface area contributed by atoms with Crippen LogP contribution in [0.1, 0.15) is 57.8 Å².